The van der Waals surface area contributed by atoms with Gasteiger partial charge >= 0.3 is 5.92 Å². The Hall–Kier alpha value is -3.20. The van der Waals surface area contributed by atoms with Gasteiger partial charge in [-0.05, 0) is 79.2 Å². The minimum absolute atomic E-state index is 0.000812. The van der Waals surface area contributed by atoms with Crippen LogP contribution in [-0.2, 0) is 16.1 Å². The lowest BCUT2D eigenvalue weighted by atomic mass is 9.85. The molecule has 3 aromatic rings. The number of aromatic nitrogens is 2. The second kappa shape index (κ2) is 8.68. The molecule has 1 aliphatic heterocycles. The Balaban J connectivity index is 1.81. The van der Waals surface area contributed by atoms with Crippen LogP contribution in [0.1, 0.15) is 76.9 Å². The van der Waals surface area contributed by atoms with Crippen LogP contribution >= 0.6 is 0 Å². The van der Waals surface area contributed by atoms with Crippen LogP contribution in [0.2, 0.25) is 0 Å². The summed E-state index contributed by atoms with van der Waals surface area (Å²) in [6, 6.07) is 6.76. The molecule has 0 saturated carbocycles. The first-order chi connectivity index (χ1) is 17.0. The number of hydrogen-bond donors (Lipinski definition) is 2. The number of hydrogen-bond acceptors (Lipinski definition) is 5. The molecule has 1 amide bonds. The molecule has 0 fully saturated rings. The highest BCUT2D eigenvalue weighted by molar-refractivity contribution is 6.11. The highest BCUT2D eigenvalue weighted by Gasteiger charge is 2.49. The average molecular weight is 515 g/mol. The Kier molecular flexibility index (Phi) is 6.30. The van der Waals surface area contributed by atoms with Crippen LogP contribution in [0.15, 0.2) is 30.3 Å². The third-order valence-electron chi connectivity index (χ3n) is 7.24. The Bertz CT molecular complexity index is 1400. The van der Waals surface area contributed by atoms with Crippen molar-refractivity contribution in [1.29, 1.82) is 0 Å². The molecule has 6 nitrogen and oxygen atoms in total. The predicted molar refractivity (Wildman–Crippen MR) is 139 cm³/mol. The topological polar surface area (TPSA) is 78.4 Å². The lowest BCUT2D eigenvalue weighted by molar-refractivity contribution is -0.170. The third-order valence-corrected chi connectivity index (χ3v) is 7.24. The maximum absolute atomic E-state index is 15.4. The van der Waals surface area contributed by atoms with E-state index in [2.05, 4.69) is 15.5 Å². The SMILES string of the molecule is Cc1nnc(NC(C)c2cccc(C(F)(F)C(C)(C)O)c2F)c2cc3c(cc12)C(C)(C)C(=O)N3C(C)C. The summed E-state index contributed by atoms with van der Waals surface area (Å²) in [7, 11) is 0. The van der Waals surface area contributed by atoms with Crippen molar-refractivity contribution in [2.24, 2.45) is 0 Å². The molecule has 1 aromatic heterocycles. The van der Waals surface area contributed by atoms with Gasteiger partial charge in [0, 0.05) is 28.1 Å². The van der Waals surface area contributed by atoms with Crippen molar-refractivity contribution >= 4 is 28.2 Å². The van der Waals surface area contributed by atoms with Crippen LogP contribution in [0.25, 0.3) is 10.8 Å². The van der Waals surface area contributed by atoms with Crippen LogP contribution in [0, 0.1) is 12.7 Å². The van der Waals surface area contributed by atoms with Gasteiger partial charge in [-0.2, -0.15) is 13.9 Å². The third kappa shape index (κ3) is 4.13. The highest BCUT2D eigenvalue weighted by atomic mass is 19.3. The molecule has 0 aliphatic carbocycles. The number of carbonyl (C=O) groups is 1. The van der Waals surface area contributed by atoms with Gasteiger partial charge in [0.2, 0.25) is 5.91 Å². The maximum atomic E-state index is 15.4. The van der Waals surface area contributed by atoms with Crippen molar-refractivity contribution in [1.82, 2.24) is 10.2 Å². The first-order valence-corrected chi connectivity index (χ1v) is 12.3. The van der Waals surface area contributed by atoms with Crippen LogP contribution in [0.5, 0.6) is 0 Å². The Morgan fingerprint density at radius 2 is 1.73 bits per heavy atom. The number of amides is 1. The minimum Gasteiger partial charge on any atom is -0.384 e. The first-order valence-electron chi connectivity index (χ1n) is 12.3. The van der Waals surface area contributed by atoms with E-state index in [0.717, 1.165) is 36.6 Å². The number of aryl methyl sites for hydroxylation is 1. The smallest absolute Gasteiger partial charge is 0.303 e. The molecule has 9 heteroatoms. The standard InChI is InChI=1S/C28H33F3N4O2/c1-14(2)35-22-13-19-18(12-21(22)26(5,6)25(35)36)16(4)33-34-24(19)32-15(3)17-10-9-11-20(23(17)29)28(30,31)27(7,8)37/h9-15,37H,1-8H3,(H,32,34). The number of halogens is 3. The zero-order valence-corrected chi connectivity index (χ0v) is 22.4. The van der Waals surface area contributed by atoms with Crippen molar-refractivity contribution < 1.29 is 23.1 Å². The predicted octanol–water partition coefficient (Wildman–Crippen LogP) is 6.15. The van der Waals surface area contributed by atoms with Crippen molar-refractivity contribution in [2.75, 3.05) is 10.2 Å². The van der Waals surface area contributed by atoms with Crippen LogP contribution in [0.4, 0.5) is 24.7 Å². The largest absolute Gasteiger partial charge is 0.384 e. The number of rotatable bonds is 6. The summed E-state index contributed by atoms with van der Waals surface area (Å²) in [5.74, 6) is -4.56. The van der Waals surface area contributed by atoms with E-state index in [-0.39, 0.29) is 17.5 Å². The number of nitrogens with one attached hydrogen (secondary N) is 1. The van der Waals surface area contributed by atoms with E-state index < -0.39 is 34.4 Å². The second-order valence-electron chi connectivity index (χ2n) is 11.2. The lowest BCUT2D eigenvalue weighted by Crippen LogP contribution is -2.41. The van der Waals surface area contributed by atoms with Gasteiger partial charge in [-0.15, -0.1) is 5.10 Å². The normalized spacial score (nSPS) is 16.5. The van der Waals surface area contributed by atoms with Crippen molar-refractivity contribution in [3.63, 3.8) is 0 Å². The van der Waals surface area contributed by atoms with Crippen LogP contribution < -0.4 is 10.2 Å². The highest BCUT2D eigenvalue weighted by Crippen LogP contribution is 2.46. The molecule has 0 saturated heterocycles. The molecule has 2 heterocycles. The van der Waals surface area contributed by atoms with Crippen molar-refractivity contribution in [3.05, 3.63) is 58.5 Å². The van der Waals surface area contributed by atoms with Gasteiger partial charge < -0.3 is 15.3 Å². The molecule has 2 N–H and O–H groups in total. The summed E-state index contributed by atoms with van der Waals surface area (Å²) in [6.07, 6.45) is 0. The molecule has 1 unspecified atom stereocenters. The fourth-order valence-electron chi connectivity index (χ4n) is 4.90. The van der Waals surface area contributed by atoms with Gasteiger partial charge in [-0.3, -0.25) is 4.79 Å². The maximum Gasteiger partial charge on any atom is 0.303 e. The number of benzene rings is 2. The van der Waals surface area contributed by atoms with E-state index in [9.17, 15) is 18.7 Å². The van der Waals surface area contributed by atoms with E-state index in [1.165, 1.54) is 12.1 Å². The summed E-state index contributed by atoms with van der Waals surface area (Å²) in [4.78, 5) is 15.0. The Morgan fingerprint density at radius 1 is 1.08 bits per heavy atom. The summed E-state index contributed by atoms with van der Waals surface area (Å²) in [5, 5.41) is 23.1. The summed E-state index contributed by atoms with van der Waals surface area (Å²) in [5.41, 5.74) is -1.70. The van der Waals surface area contributed by atoms with E-state index in [0.29, 0.717) is 16.9 Å². The first kappa shape index (κ1) is 26.9. The monoisotopic (exact) mass is 514 g/mol. The number of carbonyl (C=O) groups excluding carboxylic acids is 1. The Morgan fingerprint density at radius 3 is 2.32 bits per heavy atom. The van der Waals surface area contributed by atoms with E-state index in [1.54, 1.807) is 11.8 Å². The van der Waals surface area contributed by atoms with Gasteiger partial charge in [0.25, 0.3) is 0 Å². The summed E-state index contributed by atoms with van der Waals surface area (Å²) in [6.45, 7) is 13.0. The van der Waals surface area contributed by atoms with E-state index >= 15 is 4.39 Å². The number of alkyl halides is 2. The molecular formula is C28H33F3N4O2. The summed E-state index contributed by atoms with van der Waals surface area (Å²) < 4.78 is 45.0. The van der Waals surface area contributed by atoms with Gasteiger partial charge in [-0.1, -0.05) is 12.1 Å². The van der Waals surface area contributed by atoms with E-state index in [4.69, 9.17) is 0 Å². The number of fused-ring (bicyclic) bond motifs is 2. The van der Waals surface area contributed by atoms with Crippen molar-refractivity contribution in [2.45, 2.75) is 84.4 Å². The zero-order chi connectivity index (χ0) is 27.7. The Labute approximate surface area is 214 Å². The molecule has 1 atom stereocenters. The molecule has 0 bridgehead atoms. The molecular weight excluding hydrogens is 481 g/mol. The zero-order valence-electron chi connectivity index (χ0n) is 22.4. The molecule has 198 valence electrons. The lowest BCUT2D eigenvalue weighted by Gasteiger charge is -2.30. The van der Waals surface area contributed by atoms with E-state index in [1.807, 2.05) is 46.8 Å². The van der Waals surface area contributed by atoms with Crippen molar-refractivity contribution in [3.8, 4) is 0 Å². The summed E-state index contributed by atoms with van der Waals surface area (Å²) >= 11 is 0. The molecule has 0 spiro atoms. The molecule has 0 radical (unpaired) electrons. The van der Waals surface area contributed by atoms with Crippen LogP contribution in [0.3, 0.4) is 0 Å². The number of anilines is 2. The average Bonchev–Trinajstić information content (AvgIpc) is 2.99. The van der Waals surface area contributed by atoms with Gasteiger partial charge in [0.1, 0.15) is 11.4 Å². The second-order valence-corrected chi connectivity index (χ2v) is 11.2. The molecule has 2 aromatic carbocycles. The fraction of sp³-hybridized carbons (Fsp3) is 0.464. The minimum atomic E-state index is -3.80. The quantitative estimate of drug-likeness (QED) is 0.413. The number of nitrogens with zero attached hydrogens (tertiary/aromatic N) is 3. The van der Waals surface area contributed by atoms with Crippen LogP contribution in [-0.4, -0.2) is 32.9 Å². The molecule has 1 aliphatic rings. The van der Waals surface area contributed by atoms with Gasteiger partial charge in [-0.25, -0.2) is 4.39 Å². The fourth-order valence-corrected chi connectivity index (χ4v) is 4.90. The van der Waals surface area contributed by atoms with Gasteiger partial charge in [0.15, 0.2) is 5.82 Å². The number of aliphatic hydroxyl groups is 1. The molecule has 4 rings (SSSR count). The molecule has 37 heavy (non-hydrogen) atoms. The van der Waals surface area contributed by atoms with Gasteiger partial charge in [0.05, 0.1) is 22.7 Å².